The summed E-state index contributed by atoms with van der Waals surface area (Å²) in [6.45, 7) is 1.83. The predicted molar refractivity (Wildman–Crippen MR) is 106 cm³/mol. The highest BCUT2D eigenvalue weighted by Crippen LogP contribution is 2.13. The molecular weight excluding hydrogens is 356 g/mol. The Labute approximate surface area is 163 Å². The standard InChI is InChI=1S/C20H22N6O2/c1-15(8-9-16-10-12-18(28-2)13-11-16)21-22-19(27)14-26-24-20(23-25-26)17-6-4-3-5-7-17/h3-7,10-13H,8-9,14H2,1-2H3,(H,22,27)/b21-15-. The lowest BCUT2D eigenvalue weighted by Crippen LogP contribution is -2.25. The predicted octanol–water partition coefficient (Wildman–Crippen LogP) is 2.47. The molecule has 1 heterocycles. The van der Waals surface area contributed by atoms with Crippen LogP contribution in [-0.4, -0.2) is 38.9 Å². The summed E-state index contributed by atoms with van der Waals surface area (Å²) < 4.78 is 5.15. The molecule has 0 aliphatic rings. The highest BCUT2D eigenvalue weighted by atomic mass is 16.5. The monoisotopic (exact) mass is 378 g/mol. The maximum Gasteiger partial charge on any atom is 0.263 e. The number of amides is 1. The van der Waals surface area contributed by atoms with Crippen LogP contribution in [0.3, 0.4) is 0 Å². The van der Waals surface area contributed by atoms with Gasteiger partial charge in [-0.3, -0.25) is 4.79 Å². The average molecular weight is 378 g/mol. The van der Waals surface area contributed by atoms with E-state index in [2.05, 4.69) is 25.9 Å². The van der Waals surface area contributed by atoms with Crippen LogP contribution in [0.15, 0.2) is 59.7 Å². The molecule has 1 N–H and O–H groups in total. The van der Waals surface area contributed by atoms with E-state index in [-0.39, 0.29) is 12.5 Å². The summed E-state index contributed by atoms with van der Waals surface area (Å²) in [4.78, 5) is 13.3. The third kappa shape index (κ3) is 5.47. The number of carbonyl (C=O) groups is 1. The van der Waals surface area contributed by atoms with Gasteiger partial charge in [-0.05, 0) is 42.7 Å². The normalized spacial score (nSPS) is 11.3. The summed E-state index contributed by atoms with van der Waals surface area (Å²) in [6, 6.07) is 17.4. The maximum atomic E-state index is 12.0. The van der Waals surface area contributed by atoms with Gasteiger partial charge >= 0.3 is 0 Å². The van der Waals surface area contributed by atoms with Crippen LogP contribution < -0.4 is 10.2 Å². The molecule has 3 rings (SSSR count). The average Bonchev–Trinajstić information content (AvgIpc) is 3.20. The molecule has 1 aromatic heterocycles. The molecule has 1 amide bonds. The Hall–Kier alpha value is -3.55. The molecule has 8 nitrogen and oxygen atoms in total. The van der Waals surface area contributed by atoms with Crippen molar-refractivity contribution in [1.82, 2.24) is 25.6 Å². The van der Waals surface area contributed by atoms with E-state index in [0.717, 1.165) is 29.9 Å². The Morgan fingerprint density at radius 2 is 1.89 bits per heavy atom. The second-order valence-corrected chi connectivity index (χ2v) is 6.24. The topological polar surface area (TPSA) is 94.3 Å². The third-order valence-corrected chi connectivity index (χ3v) is 4.08. The molecule has 0 aliphatic heterocycles. The Morgan fingerprint density at radius 3 is 2.61 bits per heavy atom. The first-order valence-corrected chi connectivity index (χ1v) is 8.92. The number of nitrogens with one attached hydrogen (secondary N) is 1. The molecule has 0 aliphatic carbocycles. The van der Waals surface area contributed by atoms with Crippen molar-refractivity contribution in [2.45, 2.75) is 26.3 Å². The van der Waals surface area contributed by atoms with Gasteiger partial charge in [-0.25, -0.2) is 5.43 Å². The van der Waals surface area contributed by atoms with Gasteiger partial charge in [-0.15, -0.1) is 10.2 Å². The molecule has 0 radical (unpaired) electrons. The largest absolute Gasteiger partial charge is 0.497 e. The minimum Gasteiger partial charge on any atom is -0.497 e. The minimum absolute atomic E-state index is 0.0465. The number of methoxy groups -OCH3 is 1. The number of hydrogen-bond acceptors (Lipinski definition) is 6. The molecule has 2 aromatic carbocycles. The number of tetrazole rings is 1. The van der Waals surface area contributed by atoms with Crippen molar-refractivity contribution in [2.24, 2.45) is 5.10 Å². The molecular formula is C20H22N6O2. The van der Waals surface area contributed by atoms with Crippen LogP contribution in [0.4, 0.5) is 0 Å². The van der Waals surface area contributed by atoms with Crippen molar-refractivity contribution in [3.05, 3.63) is 60.2 Å². The third-order valence-electron chi connectivity index (χ3n) is 4.08. The molecule has 0 atom stereocenters. The van der Waals surface area contributed by atoms with E-state index < -0.39 is 0 Å². The number of aryl methyl sites for hydroxylation is 1. The Balaban J connectivity index is 1.47. The van der Waals surface area contributed by atoms with Crippen LogP contribution in [0, 0.1) is 0 Å². The van der Waals surface area contributed by atoms with Crippen LogP contribution in [0.25, 0.3) is 11.4 Å². The van der Waals surface area contributed by atoms with Crippen LogP contribution in [0.5, 0.6) is 5.75 Å². The summed E-state index contributed by atoms with van der Waals surface area (Å²) in [5.74, 6) is 1.01. The SMILES string of the molecule is COc1ccc(CC/C(C)=N\NC(=O)Cn2nnc(-c3ccccc3)n2)cc1. The second kappa shape index (κ2) is 9.40. The number of benzene rings is 2. The van der Waals surface area contributed by atoms with Gasteiger partial charge in [-0.2, -0.15) is 9.90 Å². The van der Waals surface area contributed by atoms with Crippen LogP contribution in [0.2, 0.25) is 0 Å². The van der Waals surface area contributed by atoms with Gasteiger partial charge in [0.1, 0.15) is 12.3 Å². The summed E-state index contributed by atoms with van der Waals surface area (Å²) in [6.07, 6.45) is 1.58. The van der Waals surface area contributed by atoms with Crippen molar-refractivity contribution in [3.8, 4) is 17.1 Å². The first-order chi connectivity index (χ1) is 13.6. The number of hydrazone groups is 1. The van der Waals surface area contributed by atoms with Crippen molar-refractivity contribution >= 4 is 11.6 Å². The minimum atomic E-state index is -0.305. The van der Waals surface area contributed by atoms with Gasteiger partial charge in [-0.1, -0.05) is 42.5 Å². The summed E-state index contributed by atoms with van der Waals surface area (Å²) in [5.41, 5.74) is 5.40. The molecule has 3 aromatic rings. The van der Waals surface area contributed by atoms with E-state index in [4.69, 9.17) is 4.74 Å². The number of aromatic nitrogens is 4. The first kappa shape index (κ1) is 19.2. The lowest BCUT2D eigenvalue weighted by molar-refractivity contribution is -0.122. The smallest absolute Gasteiger partial charge is 0.263 e. The summed E-state index contributed by atoms with van der Waals surface area (Å²) in [7, 11) is 1.64. The van der Waals surface area contributed by atoms with Crippen molar-refractivity contribution < 1.29 is 9.53 Å². The van der Waals surface area contributed by atoms with E-state index in [9.17, 15) is 4.79 Å². The molecule has 0 spiro atoms. The second-order valence-electron chi connectivity index (χ2n) is 6.24. The van der Waals surface area contributed by atoms with E-state index in [1.54, 1.807) is 7.11 Å². The van der Waals surface area contributed by atoms with Gasteiger partial charge in [0, 0.05) is 11.3 Å². The Bertz CT molecular complexity index is 935. The van der Waals surface area contributed by atoms with Crippen molar-refractivity contribution in [1.29, 1.82) is 0 Å². The van der Waals surface area contributed by atoms with Gasteiger partial charge < -0.3 is 4.74 Å². The molecule has 144 valence electrons. The number of ether oxygens (including phenoxy) is 1. The molecule has 0 saturated heterocycles. The zero-order chi connectivity index (χ0) is 19.8. The fourth-order valence-corrected chi connectivity index (χ4v) is 2.51. The fraction of sp³-hybridized carbons (Fsp3) is 0.250. The number of rotatable bonds is 8. The zero-order valence-corrected chi connectivity index (χ0v) is 15.9. The Kier molecular flexibility index (Phi) is 6.46. The van der Waals surface area contributed by atoms with Crippen LogP contribution in [0.1, 0.15) is 18.9 Å². The maximum absolute atomic E-state index is 12.0. The highest BCUT2D eigenvalue weighted by Gasteiger charge is 2.08. The number of carbonyl (C=O) groups excluding carboxylic acids is 1. The fourth-order valence-electron chi connectivity index (χ4n) is 2.51. The van der Waals surface area contributed by atoms with Crippen molar-refractivity contribution in [2.75, 3.05) is 7.11 Å². The van der Waals surface area contributed by atoms with E-state index in [1.165, 1.54) is 10.4 Å². The van der Waals surface area contributed by atoms with Gasteiger partial charge in [0.25, 0.3) is 5.91 Å². The molecule has 0 saturated carbocycles. The van der Waals surface area contributed by atoms with Crippen LogP contribution >= 0.6 is 0 Å². The lowest BCUT2D eigenvalue weighted by Gasteiger charge is -2.04. The van der Waals surface area contributed by atoms with Gasteiger partial charge in [0.2, 0.25) is 5.82 Å². The van der Waals surface area contributed by atoms with Crippen LogP contribution in [-0.2, 0) is 17.8 Å². The first-order valence-electron chi connectivity index (χ1n) is 8.92. The quantitative estimate of drug-likeness (QED) is 0.480. The van der Waals surface area contributed by atoms with E-state index >= 15 is 0 Å². The molecule has 0 bridgehead atoms. The highest BCUT2D eigenvalue weighted by molar-refractivity contribution is 5.84. The van der Waals surface area contributed by atoms with E-state index in [0.29, 0.717) is 5.82 Å². The van der Waals surface area contributed by atoms with Crippen molar-refractivity contribution in [3.63, 3.8) is 0 Å². The van der Waals surface area contributed by atoms with Gasteiger partial charge in [0.05, 0.1) is 7.11 Å². The van der Waals surface area contributed by atoms with E-state index in [1.807, 2.05) is 61.5 Å². The number of nitrogens with zero attached hydrogens (tertiary/aromatic N) is 5. The zero-order valence-electron chi connectivity index (χ0n) is 15.9. The summed E-state index contributed by atoms with van der Waals surface area (Å²) >= 11 is 0. The molecule has 0 unspecified atom stereocenters. The number of hydrogen-bond donors (Lipinski definition) is 1. The molecule has 28 heavy (non-hydrogen) atoms. The summed E-state index contributed by atoms with van der Waals surface area (Å²) in [5, 5.41) is 16.2. The lowest BCUT2D eigenvalue weighted by atomic mass is 10.1. The Morgan fingerprint density at radius 1 is 1.14 bits per heavy atom. The molecule has 0 fully saturated rings. The van der Waals surface area contributed by atoms with Gasteiger partial charge in [0.15, 0.2) is 0 Å². The molecule has 8 heteroatoms.